The van der Waals surface area contributed by atoms with E-state index in [1.165, 1.54) is 18.7 Å². The first-order chi connectivity index (χ1) is 8.23. The van der Waals surface area contributed by atoms with Crippen LogP contribution in [-0.2, 0) is 14.4 Å². The lowest BCUT2D eigenvalue weighted by Gasteiger charge is -2.17. The van der Waals surface area contributed by atoms with Crippen molar-refractivity contribution in [1.82, 2.24) is 10.6 Å². The molecule has 0 aromatic carbocycles. The minimum Gasteiger partial charge on any atom is -0.480 e. The van der Waals surface area contributed by atoms with Gasteiger partial charge < -0.3 is 15.7 Å². The van der Waals surface area contributed by atoms with Crippen LogP contribution in [0.1, 0.15) is 27.7 Å². The molecule has 0 radical (unpaired) electrons. The number of rotatable bonds is 7. The van der Waals surface area contributed by atoms with Crippen LogP contribution in [0.4, 0.5) is 0 Å². The van der Waals surface area contributed by atoms with Gasteiger partial charge in [-0.1, -0.05) is 0 Å². The summed E-state index contributed by atoms with van der Waals surface area (Å²) in [5, 5.41) is 13.6. The highest BCUT2D eigenvalue weighted by molar-refractivity contribution is 8.00. The van der Waals surface area contributed by atoms with Gasteiger partial charge in [-0.05, 0) is 20.8 Å². The van der Waals surface area contributed by atoms with Gasteiger partial charge in [0.25, 0.3) is 0 Å². The summed E-state index contributed by atoms with van der Waals surface area (Å²) in [4.78, 5) is 33.3. The molecule has 0 aliphatic carbocycles. The number of carboxylic acids is 1. The van der Waals surface area contributed by atoms with Gasteiger partial charge in [-0.3, -0.25) is 9.59 Å². The summed E-state index contributed by atoms with van der Waals surface area (Å²) in [6.07, 6.45) is 0. The molecule has 6 nitrogen and oxygen atoms in total. The third-order valence-corrected chi connectivity index (χ3v) is 3.23. The lowest BCUT2D eigenvalue weighted by atomic mass is 10.3. The molecule has 2 amide bonds. The van der Waals surface area contributed by atoms with Crippen LogP contribution in [0, 0.1) is 0 Å². The number of hydrogen-bond acceptors (Lipinski definition) is 4. The van der Waals surface area contributed by atoms with Crippen molar-refractivity contribution in [1.29, 1.82) is 0 Å². The molecule has 0 aromatic heterocycles. The Kier molecular flexibility index (Phi) is 7.42. The Hall–Kier alpha value is -1.24. The van der Waals surface area contributed by atoms with Crippen molar-refractivity contribution >= 4 is 29.5 Å². The van der Waals surface area contributed by atoms with Crippen LogP contribution < -0.4 is 10.6 Å². The molecule has 0 fully saturated rings. The molecule has 2 unspecified atom stereocenters. The van der Waals surface area contributed by atoms with Gasteiger partial charge in [0.1, 0.15) is 6.04 Å². The minimum atomic E-state index is -1.10. The normalized spacial score (nSPS) is 13.8. The fraction of sp³-hybridized carbons (Fsp3) is 0.727. The number of hydrogen-bond donors (Lipinski definition) is 3. The van der Waals surface area contributed by atoms with Gasteiger partial charge in [-0.25, -0.2) is 4.79 Å². The highest BCUT2D eigenvalue weighted by Gasteiger charge is 2.22. The maximum atomic E-state index is 11.6. The number of carbonyl (C=O) groups excluding carboxylic acids is 2. The Morgan fingerprint density at radius 2 is 1.72 bits per heavy atom. The Morgan fingerprint density at radius 3 is 2.11 bits per heavy atom. The lowest BCUT2D eigenvalue weighted by molar-refractivity contribution is -0.140. The second-order valence-corrected chi connectivity index (χ2v) is 5.60. The molecule has 0 bridgehead atoms. The molecule has 3 N–H and O–H groups in total. The van der Waals surface area contributed by atoms with Crippen LogP contribution in [0.5, 0.6) is 0 Å². The summed E-state index contributed by atoms with van der Waals surface area (Å²) in [7, 11) is 0. The van der Waals surface area contributed by atoms with Gasteiger partial charge in [0.15, 0.2) is 0 Å². The number of nitrogens with one attached hydrogen (secondary N) is 2. The second kappa shape index (κ2) is 7.97. The summed E-state index contributed by atoms with van der Waals surface area (Å²) >= 11 is 1.20. The van der Waals surface area contributed by atoms with Crippen molar-refractivity contribution in [3.05, 3.63) is 0 Å². The molecule has 0 saturated heterocycles. The van der Waals surface area contributed by atoms with Crippen molar-refractivity contribution in [3.63, 3.8) is 0 Å². The zero-order valence-corrected chi connectivity index (χ0v) is 11.8. The number of thioether (sulfide) groups is 1. The largest absolute Gasteiger partial charge is 0.480 e. The molecule has 0 aromatic rings. The minimum absolute atomic E-state index is 0.0474. The van der Waals surface area contributed by atoms with E-state index in [0.717, 1.165) is 0 Å². The van der Waals surface area contributed by atoms with E-state index in [1.807, 2.05) is 13.8 Å². The van der Waals surface area contributed by atoms with Crippen LogP contribution in [0.15, 0.2) is 0 Å². The SMILES string of the molecule is CC(=O)NC(CSC(C)C(=O)NC(C)C)C(=O)O. The molecule has 7 heteroatoms. The highest BCUT2D eigenvalue weighted by atomic mass is 32.2. The molecular weight excluding hydrogens is 256 g/mol. The summed E-state index contributed by atoms with van der Waals surface area (Å²) < 4.78 is 0. The number of amides is 2. The summed E-state index contributed by atoms with van der Waals surface area (Å²) in [6, 6.07) is -0.923. The fourth-order valence-electron chi connectivity index (χ4n) is 1.14. The van der Waals surface area contributed by atoms with Crippen LogP contribution in [0.2, 0.25) is 0 Å². The first-order valence-corrected chi connectivity index (χ1v) is 6.70. The second-order valence-electron chi connectivity index (χ2n) is 4.23. The van der Waals surface area contributed by atoms with Crippen molar-refractivity contribution in [2.24, 2.45) is 0 Å². The highest BCUT2D eigenvalue weighted by Crippen LogP contribution is 2.12. The van der Waals surface area contributed by atoms with Crippen molar-refractivity contribution < 1.29 is 19.5 Å². The van der Waals surface area contributed by atoms with Crippen molar-refractivity contribution in [2.45, 2.75) is 45.0 Å². The molecule has 0 aliphatic rings. The van der Waals surface area contributed by atoms with Crippen LogP contribution in [0.25, 0.3) is 0 Å². The number of carbonyl (C=O) groups is 3. The maximum Gasteiger partial charge on any atom is 0.327 e. The van der Waals surface area contributed by atoms with Gasteiger partial charge in [0.05, 0.1) is 5.25 Å². The average molecular weight is 276 g/mol. The molecule has 0 rings (SSSR count). The quantitative estimate of drug-likeness (QED) is 0.618. The molecule has 104 valence electrons. The Balaban J connectivity index is 4.22. The number of carboxylic acid groups (broad SMARTS) is 1. The van der Waals surface area contributed by atoms with Gasteiger partial charge in [0.2, 0.25) is 11.8 Å². The van der Waals surface area contributed by atoms with E-state index in [0.29, 0.717) is 0 Å². The van der Waals surface area contributed by atoms with E-state index >= 15 is 0 Å². The first kappa shape index (κ1) is 16.8. The van der Waals surface area contributed by atoms with Crippen LogP contribution in [0.3, 0.4) is 0 Å². The van der Waals surface area contributed by atoms with Gasteiger partial charge >= 0.3 is 5.97 Å². The molecule has 0 heterocycles. The standard InChI is InChI=1S/C11H20N2O4S/c1-6(2)12-10(15)7(3)18-5-9(11(16)17)13-8(4)14/h6-7,9H,5H2,1-4H3,(H,12,15)(H,13,14)(H,16,17). The van der Waals surface area contributed by atoms with E-state index in [4.69, 9.17) is 5.11 Å². The predicted molar refractivity (Wildman–Crippen MR) is 70.4 cm³/mol. The van der Waals surface area contributed by atoms with Gasteiger partial charge in [0, 0.05) is 18.7 Å². The van der Waals surface area contributed by atoms with Gasteiger partial charge in [-0.15, -0.1) is 11.8 Å². The zero-order chi connectivity index (χ0) is 14.3. The molecular formula is C11H20N2O4S. The van der Waals surface area contributed by atoms with E-state index in [1.54, 1.807) is 6.92 Å². The van der Waals surface area contributed by atoms with Crippen LogP contribution in [-0.4, -0.2) is 46.0 Å². The Morgan fingerprint density at radius 1 is 1.17 bits per heavy atom. The Bertz CT molecular complexity index is 320. The van der Waals surface area contributed by atoms with E-state index < -0.39 is 17.9 Å². The van der Waals surface area contributed by atoms with Gasteiger partial charge in [-0.2, -0.15) is 0 Å². The Labute approximate surface area is 111 Å². The topological polar surface area (TPSA) is 95.5 Å². The smallest absolute Gasteiger partial charge is 0.327 e. The third kappa shape index (κ3) is 7.16. The van der Waals surface area contributed by atoms with E-state index in [2.05, 4.69) is 10.6 Å². The summed E-state index contributed by atoms with van der Waals surface area (Å²) in [5.41, 5.74) is 0. The third-order valence-electron chi connectivity index (χ3n) is 1.99. The molecule has 0 aliphatic heterocycles. The summed E-state index contributed by atoms with van der Waals surface area (Å²) in [5.74, 6) is -1.49. The monoisotopic (exact) mass is 276 g/mol. The van der Waals surface area contributed by atoms with Crippen LogP contribution >= 0.6 is 11.8 Å². The zero-order valence-electron chi connectivity index (χ0n) is 11.0. The maximum absolute atomic E-state index is 11.6. The first-order valence-electron chi connectivity index (χ1n) is 5.66. The lowest BCUT2D eigenvalue weighted by Crippen LogP contribution is -2.43. The predicted octanol–water partition coefficient (Wildman–Crippen LogP) is 0.222. The molecule has 0 saturated carbocycles. The van der Waals surface area contributed by atoms with E-state index in [-0.39, 0.29) is 23.0 Å². The van der Waals surface area contributed by atoms with Crippen molar-refractivity contribution in [2.75, 3.05) is 5.75 Å². The molecule has 2 atom stereocenters. The molecule has 0 spiro atoms. The summed E-state index contributed by atoms with van der Waals surface area (Å²) in [6.45, 7) is 6.67. The average Bonchev–Trinajstić information content (AvgIpc) is 2.21. The van der Waals surface area contributed by atoms with E-state index in [9.17, 15) is 14.4 Å². The fourth-order valence-corrected chi connectivity index (χ4v) is 2.06. The molecule has 18 heavy (non-hydrogen) atoms. The number of aliphatic carboxylic acids is 1. The van der Waals surface area contributed by atoms with Crippen molar-refractivity contribution in [3.8, 4) is 0 Å².